The van der Waals surface area contributed by atoms with Crippen molar-refractivity contribution < 1.29 is 0 Å². The van der Waals surface area contributed by atoms with Crippen LogP contribution in [0.1, 0.15) is 55.6 Å². The molecule has 0 radical (unpaired) electrons. The van der Waals surface area contributed by atoms with E-state index >= 15 is 0 Å². The van der Waals surface area contributed by atoms with Gasteiger partial charge in [0.15, 0.2) is 5.82 Å². The maximum atomic E-state index is 5.91. The minimum atomic E-state index is 0.607. The van der Waals surface area contributed by atoms with Gasteiger partial charge < -0.3 is 16.0 Å². The third-order valence-electron chi connectivity index (χ3n) is 6.75. The lowest BCUT2D eigenvalue weighted by molar-refractivity contribution is 0.336. The third kappa shape index (κ3) is 5.39. The summed E-state index contributed by atoms with van der Waals surface area (Å²) in [5, 5.41) is 11.7. The lowest BCUT2D eigenvalue weighted by Gasteiger charge is -2.25. The Labute approximate surface area is 200 Å². The largest absolute Gasteiger partial charge is 0.404 e. The molecule has 0 aromatic carbocycles. The van der Waals surface area contributed by atoms with Gasteiger partial charge in [0.25, 0.3) is 0 Å². The predicted molar refractivity (Wildman–Crippen MR) is 137 cm³/mol. The number of rotatable bonds is 9. The number of allylic oxidation sites excluding steroid dienone is 1. The van der Waals surface area contributed by atoms with E-state index in [2.05, 4.69) is 36.5 Å². The van der Waals surface area contributed by atoms with E-state index in [9.17, 15) is 0 Å². The second kappa shape index (κ2) is 10.7. The fourth-order valence-electron chi connectivity index (χ4n) is 4.54. The first-order valence-electron chi connectivity index (χ1n) is 12.3. The summed E-state index contributed by atoms with van der Waals surface area (Å²) in [5.41, 5.74) is 10.5. The van der Waals surface area contributed by atoms with Crippen LogP contribution in [0.15, 0.2) is 47.9 Å². The number of anilines is 2. The minimum Gasteiger partial charge on any atom is -0.404 e. The van der Waals surface area contributed by atoms with Crippen LogP contribution in [0.25, 0.3) is 16.6 Å². The Morgan fingerprint density at radius 2 is 1.97 bits per heavy atom. The fourth-order valence-corrected chi connectivity index (χ4v) is 4.54. The second-order valence-corrected chi connectivity index (χ2v) is 9.15. The van der Waals surface area contributed by atoms with Crippen LogP contribution >= 0.6 is 0 Å². The number of nitrogens with one attached hydrogen (secondary N) is 1. The summed E-state index contributed by atoms with van der Waals surface area (Å²) >= 11 is 0. The van der Waals surface area contributed by atoms with Crippen molar-refractivity contribution in [3.63, 3.8) is 0 Å². The number of aliphatic imine (C=N–C) groups is 1. The molecule has 4 heterocycles. The van der Waals surface area contributed by atoms with Crippen molar-refractivity contribution in [2.45, 2.75) is 44.4 Å². The average molecular weight is 457 g/mol. The highest BCUT2D eigenvalue weighted by atomic mass is 15.2. The van der Waals surface area contributed by atoms with Gasteiger partial charge in [-0.25, -0.2) is 4.98 Å². The minimum absolute atomic E-state index is 0.607. The van der Waals surface area contributed by atoms with Crippen LogP contribution in [-0.2, 0) is 0 Å². The van der Waals surface area contributed by atoms with Crippen LogP contribution in [0.3, 0.4) is 0 Å². The van der Waals surface area contributed by atoms with Crippen LogP contribution in [0.2, 0.25) is 0 Å². The molecule has 1 saturated heterocycles. The molecule has 0 unspecified atom stereocenters. The zero-order valence-electron chi connectivity index (χ0n) is 19.5. The molecule has 8 nitrogen and oxygen atoms in total. The van der Waals surface area contributed by atoms with E-state index in [0.29, 0.717) is 17.6 Å². The molecule has 0 bridgehead atoms. The number of aromatic nitrogens is 4. The molecular weight excluding hydrogens is 424 g/mol. The second-order valence-electron chi connectivity index (χ2n) is 9.15. The molecule has 0 atom stereocenters. The Morgan fingerprint density at radius 1 is 1.09 bits per heavy atom. The Kier molecular flexibility index (Phi) is 7.05. The number of fused-ring (bicyclic) bond motifs is 1. The normalized spacial score (nSPS) is 17.5. The first-order valence-corrected chi connectivity index (χ1v) is 12.3. The standard InChI is InChI=1S/C26H32N8/c27-15-22(16-28-9-4-12-34-10-1-2-11-34)20-13-24-23(29-17-20)7-8-25(31-24)32-26-14-21(18-30-33-26)19-5-3-6-19/h7-8,13-19H,1-6,9-12,27H2,(H,31,32,33). The van der Waals surface area contributed by atoms with Gasteiger partial charge in [0.05, 0.1) is 17.2 Å². The molecular formula is C26H32N8. The maximum Gasteiger partial charge on any atom is 0.154 e. The van der Waals surface area contributed by atoms with Crippen LogP contribution in [-0.4, -0.2) is 57.5 Å². The van der Waals surface area contributed by atoms with E-state index < -0.39 is 0 Å². The van der Waals surface area contributed by atoms with Gasteiger partial charge in [0, 0.05) is 36.3 Å². The monoisotopic (exact) mass is 456 g/mol. The summed E-state index contributed by atoms with van der Waals surface area (Å²) in [6.45, 7) is 4.36. The lowest BCUT2D eigenvalue weighted by Crippen LogP contribution is -2.20. The molecule has 8 heteroatoms. The van der Waals surface area contributed by atoms with E-state index in [4.69, 9.17) is 10.7 Å². The van der Waals surface area contributed by atoms with E-state index in [-0.39, 0.29) is 0 Å². The van der Waals surface area contributed by atoms with Gasteiger partial charge in [-0.05, 0) is 87.5 Å². The van der Waals surface area contributed by atoms with Gasteiger partial charge in [-0.1, -0.05) is 6.42 Å². The summed E-state index contributed by atoms with van der Waals surface area (Å²) in [6.07, 6.45) is 14.6. The maximum absolute atomic E-state index is 5.91. The van der Waals surface area contributed by atoms with Gasteiger partial charge in [-0.2, -0.15) is 5.10 Å². The highest BCUT2D eigenvalue weighted by Crippen LogP contribution is 2.36. The molecule has 0 amide bonds. The zero-order chi connectivity index (χ0) is 23.2. The van der Waals surface area contributed by atoms with Crippen molar-refractivity contribution in [2.24, 2.45) is 10.7 Å². The van der Waals surface area contributed by atoms with Crippen molar-refractivity contribution in [3.05, 3.63) is 54.0 Å². The summed E-state index contributed by atoms with van der Waals surface area (Å²) in [7, 11) is 0. The van der Waals surface area contributed by atoms with Crippen LogP contribution in [0, 0.1) is 0 Å². The molecule has 2 aliphatic rings. The Hall–Kier alpha value is -3.39. The first kappa shape index (κ1) is 22.4. The van der Waals surface area contributed by atoms with Gasteiger partial charge >= 0.3 is 0 Å². The predicted octanol–water partition coefficient (Wildman–Crippen LogP) is 4.29. The zero-order valence-corrected chi connectivity index (χ0v) is 19.5. The Balaban J connectivity index is 1.25. The van der Waals surface area contributed by atoms with E-state index in [1.807, 2.05) is 36.8 Å². The van der Waals surface area contributed by atoms with Crippen molar-refractivity contribution in [2.75, 3.05) is 31.5 Å². The van der Waals surface area contributed by atoms with E-state index in [1.54, 1.807) is 6.20 Å². The highest BCUT2D eigenvalue weighted by molar-refractivity contribution is 6.10. The Bertz CT molecular complexity index is 1180. The molecule has 0 spiro atoms. The molecule has 1 aliphatic heterocycles. The molecule has 1 saturated carbocycles. The fraction of sp³-hybridized carbons (Fsp3) is 0.423. The summed E-state index contributed by atoms with van der Waals surface area (Å²) in [5.74, 6) is 2.03. The number of hydrogen-bond acceptors (Lipinski definition) is 8. The van der Waals surface area contributed by atoms with Crippen molar-refractivity contribution in [1.82, 2.24) is 25.1 Å². The molecule has 176 valence electrons. The van der Waals surface area contributed by atoms with Crippen LogP contribution in [0.5, 0.6) is 0 Å². The van der Waals surface area contributed by atoms with Crippen LogP contribution in [0.4, 0.5) is 11.6 Å². The number of nitrogens with two attached hydrogens (primary N) is 1. The summed E-state index contributed by atoms with van der Waals surface area (Å²) in [4.78, 5) is 16.4. The summed E-state index contributed by atoms with van der Waals surface area (Å²) in [6, 6.07) is 7.94. The molecule has 3 aromatic rings. The SMILES string of the molecule is NC=C(C=NCCCN1CCCC1)c1cnc2ccc(Nc3cc(C4CCC4)cnn3)nc2c1. The number of hydrogen-bond donors (Lipinski definition) is 2. The quantitative estimate of drug-likeness (QED) is 0.365. The molecule has 34 heavy (non-hydrogen) atoms. The molecule has 3 N–H and O–H groups in total. The number of pyridine rings is 2. The van der Waals surface area contributed by atoms with Gasteiger partial charge in [0.1, 0.15) is 5.82 Å². The van der Waals surface area contributed by atoms with Gasteiger partial charge in [-0.3, -0.25) is 9.98 Å². The topological polar surface area (TPSA) is 105 Å². The van der Waals surface area contributed by atoms with Crippen molar-refractivity contribution in [1.29, 1.82) is 0 Å². The van der Waals surface area contributed by atoms with Gasteiger partial charge in [0.2, 0.25) is 0 Å². The highest BCUT2D eigenvalue weighted by Gasteiger charge is 2.20. The molecule has 5 rings (SSSR count). The average Bonchev–Trinajstić information content (AvgIpc) is 3.34. The molecule has 1 aliphatic carbocycles. The smallest absolute Gasteiger partial charge is 0.154 e. The Morgan fingerprint density at radius 3 is 2.76 bits per heavy atom. The molecule has 3 aromatic heterocycles. The van der Waals surface area contributed by atoms with E-state index in [1.165, 1.54) is 50.8 Å². The van der Waals surface area contributed by atoms with E-state index in [0.717, 1.165) is 41.7 Å². The number of likely N-dealkylation sites (tertiary alicyclic amines) is 1. The summed E-state index contributed by atoms with van der Waals surface area (Å²) < 4.78 is 0. The van der Waals surface area contributed by atoms with Crippen molar-refractivity contribution in [3.8, 4) is 0 Å². The van der Waals surface area contributed by atoms with Gasteiger partial charge in [-0.15, -0.1) is 5.10 Å². The first-order chi connectivity index (χ1) is 16.8. The van der Waals surface area contributed by atoms with Crippen molar-refractivity contribution >= 4 is 34.5 Å². The number of nitrogens with zero attached hydrogens (tertiary/aromatic N) is 6. The van der Waals surface area contributed by atoms with Crippen LogP contribution < -0.4 is 11.1 Å². The lowest BCUT2D eigenvalue weighted by atomic mass is 9.81. The molecule has 2 fully saturated rings. The third-order valence-corrected chi connectivity index (χ3v) is 6.75.